The topological polar surface area (TPSA) is 3.24 Å². The second-order valence-electron chi connectivity index (χ2n) is 15.6. The minimum absolute atomic E-state index is 0.395. The minimum Gasteiger partial charge on any atom is -0.310 e. The number of hydrogen-bond acceptors (Lipinski definition) is 1. The fourth-order valence-electron chi connectivity index (χ4n) is 8.83. The minimum atomic E-state index is 0.395. The summed E-state index contributed by atoms with van der Waals surface area (Å²) >= 11 is 0. The van der Waals surface area contributed by atoms with Crippen LogP contribution in [0, 0.1) is 12.8 Å². The number of benzene rings is 6. The summed E-state index contributed by atoms with van der Waals surface area (Å²) in [6.45, 7) is 12.5. The van der Waals surface area contributed by atoms with E-state index in [9.17, 15) is 0 Å². The van der Waals surface area contributed by atoms with Gasteiger partial charge in [0.25, 0.3) is 0 Å². The second-order valence-corrected chi connectivity index (χ2v) is 15.6. The van der Waals surface area contributed by atoms with Crippen molar-refractivity contribution in [2.45, 2.75) is 73.6 Å². The Labute approximate surface area is 366 Å². The van der Waals surface area contributed by atoms with Gasteiger partial charge in [-0.15, -0.1) is 0 Å². The van der Waals surface area contributed by atoms with E-state index in [1.807, 2.05) is 27.7 Å². The molecular weight excluding hydrogens is 735 g/mol. The number of hydrogen-bond donors (Lipinski definition) is 0. The summed E-state index contributed by atoms with van der Waals surface area (Å²) in [6, 6.07) is 49.3. The molecule has 0 saturated heterocycles. The molecule has 3 aliphatic rings. The monoisotopic (exact) mass is 795 g/mol. The number of rotatable bonds is 7. The third-order valence-electron chi connectivity index (χ3n) is 11.7. The number of nitrogens with zero attached hydrogens (tertiary/aromatic N) is 1. The molecule has 9 rings (SSSR count). The average Bonchev–Trinajstić information content (AvgIpc) is 3.32. The molecule has 306 valence electrons. The molecule has 1 unspecified atom stereocenters. The van der Waals surface area contributed by atoms with Gasteiger partial charge in [0.15, 0.2) is 0 Å². The lowest BCUT2D eigenvalue weighted by Gasteiger charge is -2.30. The zero-order valence-corrected chi connectivity index (χ0v) is 37.0. The summed E-state index contributed by atoms with van der Waals surface area (Å²) in [6.07, 6.45) is 28.4. The summed E-state index contributed by atoms with van der Waals surface area (Å²) in [5, 5.41) is 2.61. The molecule has 0 heterocycles. The summed E-state index contributed by atoms with van der Waals surface area (Å²) in [4.78, 5) is 2.45. The third kappa shape index (κ3) is 9.64. The van der Waals surface area contributed by atoms with Crippen molar-refractivity contribution in [1.82, 2.24) is 0 Å². The van der Waals surface area contributed by atoms with Gasteiger partial charge in [0.1, 0.15) is 0 Å². The van der Waals surface area contributed by atoms with Crippen molar-refractivity contribution < 1.29 is 0 Å². The van der Waals surface area contributed by atoms with Crippen molar-refractivity contribution in [1.29, 1.82) is 0 Å². The fourth-order valence-corrected chi connectivity index (χ4v) is 8.83. The molecule has 0 amide bonds. The van der Waals surface area contributed by atoms with Crippen LogP contribution in [0.3, 0.4) is 0 Å². The lowest BCUT2D eigenvalue weighted by molar-refractivity contribution is 0.885. The molecule has 0 bridgehead atoms. The smallest absolute Gasteiger partial charge is 0.0542 e. The highest BCUT2D eigenvalue weighted by Crippen LogP contribution is 2.42. The number of allylic oxidation sites excluding steroid dienone is 11. The zero-order chi connectivity index (χ0) is 42.6. The Morgan fingerprint density at radius 1 is 0.639 bits per heavy atom. The first-order valence-corrected chi connectivity index (χ1v) is 22.6. The van der Waals surface area contributed by atoms with Crippen LogP contribution in [-0.2, 0) is 6.42 Å². The van der Waals surface area contributed by atoms with Gasteiger partial charge < -0.3 is 4.90 Å². The highest BCUT2D eigenvalue weighted by atomic mass is 15.1. The van der Waals surface area contributed by atoms with Gasteiger partial charge in [-0.2, -0.15) is 0 Å². The van der Waals surface area contributed by atoms with Crippen LogP contribution in [-0.4, -0.2) is 0 Å². The molecule has 61 heavy (non-hydrogen) atoms. The Morgan fingerprint density at radius 2 is 1.30 bits per heavy atom. The molecular formula is C60H61N. The largest absolute Gasteiger partial charge is 0.310 e. The van der Waals surface area contributed by atoms with E-state index in [2.05, 4.69) is 213 Å². The molecule has 0 radical (unpaired) electrons. The highest BCUT2D eigenvalue weighted by Gasteiger charge is 2.22. The van der Waals surface area contributed by atoms with Crippen LogP contribution in [0.15, 0.2) is 193 Å². The standard InChI is InChI=1S/C56H49N.2C2H6/c1-40-17-5-3-8-25-51(52-26-14-10-21-45(52)37-40)43-29-33-48(34-30-43)57(55(38-42-19-6-4-7-20-42)50-24-13-9-18-41(50)2)49-35-31-44(32-36-49)56-53-27-15-11-22-46(53)39-47-23-12-16-28-54(47)56;2*1-2/h3-9,11,13-20,22,24,26-40H,10,12,21,23,25H2,1-2H3;2*1-2H3/b8-3-,17-5-,45-37-,52-51+,55-38+;;. The molecule has 3 aliphatic carbocycles. The molecule has 1 atom stereocenters. The maximum Gasteiger partial charge on any atom is 0.0542 e. The fraction of sp³-hybridized carbons (Fsp3) is 0.200. The summed E-state index contributed by atoms with van der Waals surface area (Å²) in [5.74, 6) is 0.395. The van der Waals surface area contributed by atoms with Gasteiger partial charge in [-0.05, 0) is 142 Å². The first kappa shape index (κ1) is 42.7. The Kier molecular flexibility index (Phi) is 14.5. The van der Waals surface area contributed by atoms with Crippen LogP contribution in [0.25, 0.3) is 45.3 Å². The van der Waals surface area contributed by atoms with Gasteiger partial charge in [0.05, 0.1) is 5.70 Å². The molecule has 1 heteroatoms. The van der Waals surface area contributed by atoms with E-state index in [1.165, 1.54) is 66.4 Å². The van der Waals surface area contributed by atoms with E-state index in [1.54, 1.807) is 0 Å². The molecule has 0 fully saturated rings. The third-order valence-corrected chi connectivity index (χ3v) is 11.7. The van der Waals surface area contributed by atoms with E-state index in [0.29, 0.717) is 5.92 Å². The van der Waals surface area contributed by atoms with Crippen molar-refractivity contribution >= 4 is 45.6 Å². The molecule has 1 nitrogen and oxygen atoms in total. The quantitative estimate of drug-likeness (QED) is 0.146. The van der Waals surface area contributed by atoms with Gasteiger partial charge in [-0.1, -0.05) is 198 Å². The van der Waals surface area contributed by atoms with E-state index < -0.39 is 0 Å². The van der Waals surface area contributed by atoms with Crippen molar-refractivity contribution in [3.63, 3.8) is 0 Å². The maximum atomic E-state index is 2.46. The van der Waals surface area contributed by atoms with Crippen molar-refractivity contribution in [3.8, 4) is 11.1 Å². The Morgan fingerprint density at radius 3 is 2.05 bits per heavy atom. The lowest BCUT2D eigenvalue weighted by Crippen LogP contribution is -2.16. The molecule has 0 saturated carbocycles. The number of anilines is 2. The average molecular weight is 796 g/mol. The normalized spacial score (nSPS) is 18.8. The Balaban J connectivity index is 0.00000136. The molecule has 6 aromatic rings. The van der Waals surface area contributed by atoms with Crippen molar-refractivity contribution in [2.24, 2.45) is 5.92 Å². The van der Waals surface area contributed by atoms with E-state index >= 15 is 0 Å². The van der Waals surface area contributed by atoms with Gasteiger partial charge in [-0.25, -0.2) is 0 Å². The van der Waals surface area contributed by atoms with Crippen molar-refractivity contribution in [2.75, 3.05) is 4.90 Å². The van der Waals surface area contributed by atoms with Crippen LogP contribution in [0.1, 0.15) is 93.7 Å². The second kappa shape index (κ2) is 20.7. The van der Waals surface area contributed by atoms with Gasteiger partial charge in [0, 0.05) is 16.9 Å². The highest BCUT2D eigenvalue weighted by molar-refractivity contribution is 6.03. The molecule has 0 spiro atoms. The summed E-state index contributed by atoms with van der Waals surface area (Å²) < 4.78 is 0. The maximum absolute atomic E-state index is 2.46. The molecule has 0 aliphatic heterocycles. The SMILES string of the molecule is CC.CC.Cc1ccccc1/C(=C\c1ccccc1)N(c1ccc(/C2=C3\C=CCC\C3=C\C(C)/C=C\C=C/C2)cc1)c1ccc(-c2c3c(cc4ccccc24)CCC=C3)cc1. The Bertz CT molecular complexity index is 2640. The molecule has 6 aromatic carbocycles. The Hall–Kier alpha value is -6.44. The van der Waals surface area contributed by atoms with E-state index in [4.69, 9.17) is 0 Å². The van der Waals surface area contributed by atoms with Gasteiger partial charge >= 0.3 is 0 Å². The van der Waals surface area contributed by atoms with Crippen LogP contribution in [0.2, 0.25) is 0 Å². The first-order chi connectivity index (χ1) is 30.1. The molecule has 0 N–H and O–H groups in total. The molecule has 0 aromatic heterocycles. The van der Waals surface area contributed by atoms with Crippen LogP contribution in [0.5, 0.6) is 0 Å². The lowest BCUT2D eigenvalue weighted by atomic mass is 9.85. The zero-order valence-electron chi connectivity index (χ0n) is 37.0. The number of fused-ring (bicyclic) bond motifs is 3. The number of aryl methyl sites for hydroxylation is 2. The van der Waals surface area contributed by atoms with Crippen LogP contribution >= 0.6 is 0 Å². The predicted molar refractivity (Wildman–Crippen MR) is 269 cm³/mol. The van der Waals surface area contributed by atoms with Gasteiger partial charge in [0.2, 0.25) is 0 Å². The van der Waals surface area contributed by atoms with E-state index in [0.717, 1.165) is 54.7 Å². The van der Waals surface area contributed by atoms with Crippen LogP contribution < -0.4 is 4.90 Å². The first-order valence-electron chi connectivity index (χ1n) is 22.6. The van der Waals surface area contributed by atoms with Crippen molar-refractivity contribution in [3.05, 3.63) is 227 Å². The van der Waals surface area contributed by atoms with E-state index in [-0.39, 0.29) is 0 Å². The van der Waals surface area contributed by atoms with Crippen LogP contribution in [0.4, 0.5) is 11.4 Å². The van der Waals surface area contributed by atoms with Gasteiger partial charge in [-0.3, -0.25) is 0 Å². The summed E-state index contributed by atoms with van der Waals surface area (Å²) in [5.41, 5.74) is 17.8. The summed E-state index contributed by atoms with van der Waals surface area (Å²) in [7, 11) is 0. The predicted octanol–water partition coefficient (Wildman–Crippen LogP) is 17.3.